The number of carbonyl (C=O) groups excluding carboxylic acids is 1. The molecule has 0 radical (unpaired) electrons. The molecule has 0 aromatic rings. The van der Waals surface area contributed by atoms with Crippen molar-refractivity contribution in [1.29, 1.82) is 0 Å². The minimum Gasteiger partial charge on any atom is -0.338 e. The van der Waals surface area contributed by atoms with Gasteiger partial charge < -0.3 is 10.2 Å². The second kappa shape index (κ2) is 7.80. The highest BCUT2D eigenvalue weighted by atomic mass is 35.5. The molecule has 0 aromatic heterocycles. The first-order valence-electron chi connectivity index (χ1n) is 8.46. The summed E-state index contributed by atoms with van der Waals surface area (Å²) in [5.41, 5.74) is 0. The van der Waals surface area contributed by atoms with Gasteiger partial charge in [0, 0.05) is 32.1 Å². The lowest BCUT2D eigenvalue weighted by atomic mass is 9.99. The number of hydrogen-bond acceptors (Lipinski definition) is 3. The molecule has 2 atom stereocenters. The number of likely N-dealkylation sites (tertiary alicyclic amines) is 1. The highest BCUT2D eigenvalue weighted by Gasteiger charge is 2.35. The van der Waals surface area contributed by atoms with Crippen molar-refractivity contribution in [1.82, 2.24) is 15.1 Å². The lowest BCUT2D eigenvalue weighted by Crippen LogP contribution is -2.46. The second-order valence-electron chi connectivity index (χ2n) is 6.91. The van der Waals surface area contributed by atoms with Gasteiger partial charge in [-0.15, -0.1) is 12.4 Å². The van der Waals surface area contributed by atoms with E-state index in [0.29, 0.717) is 12.1 Å². The van der Waals surface area contributed by atoms with Crippen LogP contribution in [-0.2, 0) is 4.79 Å². The minimum absolute atomic E-state index is 0. The molecule has 3 rings (SSSR count). The van der Waals surface area contributed by atoms with Gasteiger partial charge >= 0.3 is 0 Å². The zero-order valence-electron chi connectivity index (χ0n) is 13.2. The van der Waals surface area contributed by atoms with Crippen LogP contribution in [0.15, 0.2) is 0 Å². The normalized spacial score (nSPS) is 30.0. The van der Waals surface area contributed by atoms with E-state index < -0.39 is 0 Å². The maximum absolute atomic E-state index is 11.8. The van der Waals surface area contributed by atoms with Crippen molar-refractivity contribution in [3.63, 3.8) is 0 Å². The van der Waals surface area contributed by atoms with Crippen LogP contribution in [0.4, 0.5) is 0 Å². The Morgan fingerprint density at radius 3 is 2.67 bits per heavy atom. The third kappa shape index (κ3) is 4.57. The number of nitrogens with one attached hydrogen (secondary N) is 1. The van der Waals surface area contributed by atoms with Crippen LogP contribution >= 0.6 is 12.4 Å². The molecule has 21 heavy (non-hydrogen) atoms. The zero-order chi connectivity index (χ0) is 13.9. The van der Waals surface area contributed by atoms with Crippen LogP contribution in [-0.4, -0.2) is 60.5 Å². The van der Waals surface area contributed by atoms with Crippen molar-refractivity contribution < 1.29 is 4.79 Å². The highest BCUT2D eigenvalue weighted by molar-refractivity contribution is 5.85. The second-order valence-corrected chi connectivity index (χ2v) is 6.91. The highest BCUT2D eigenvalue weighted by Crippen LogP contribution is 2.29. The van der Waals surface area contributed by atoms with Gasteiger partial charge in [0.2, 0.25) is 5.91 Å². The average molecular weight is 316 g/mol. The molecule has 0 aromatic carbocycles. The summed E-state index contributed by atoms with van der Waals surface area (Å²) in [6.45, 7) is 7.55. The fourth-order valence-corrected chi connectivity index (χ4v) is 3.90. The molecule has 4 nitrogen and oxygen atoms in total. The predicted octanol–water partition coefficient (Wildman–Crippen LogP) is 1.88. The zero-order valence-corrected chi connectivity index (χ0v) is 14.0. The molecule has 0 bridgehead atoms. The van der Waals surface area contributed by atoms with E-state index in [1.165, 1.54) is 64.7 Å². The molecule has 1 N–H and O–H groups in total. The Hall–Kier alpha value is -0.320. The maximum atomic E-state index is 11.8. The summed E-state index contributed by atoms with van der Waals surface area (Å²) in [6, 6.07) is 1.17. The number of halogens is 1. The van der Waals surface area contributed by atoms with E-state index in [1.807, 2.05) is 0 Å². The molecule has 2 unspecified atom stereocenters. The summed E-state index contributed by atoms with van der Waals surface area (Å²) < 4.78 is 0. The van der Waals surface area contributed by atoms with E-state index in [1.54, 1.807) is 6.92 Å². The number of rotatable bonds is 5. The molecule has 2 heterocycles. The Kier molecular flexibility index (Phi) is 6.33. The van der Waals surface area contributed by atoms with E-state index in [9.17, 15) is 4.79 Å². The van der Waals surface area contributed by atoms with E-state index in [2.05, 4.69) is 15.1 Å². The van der Waals surface area contributed by atoms with E-state index in [0.717, 1.165) is 12.5 Å². The number of amides is 1. The summed E-state index contributed by atoms with van der Waals surface area (Å²) in [7, 11) is 0. The molecule has 1 saturated carbocycles. The SMILES string of the molecule is CC(=O)N(CC1CCCN1CC1CCCNC1)C1CC1.Cl. The third-order valence-electron chi connectivity index (χ3n) is 5.19. The van der Waals surface area contributed by atoms with Crippen LogP contribution in [0, 0.1) is 5.92 Å². The van der Waals surface area contributed by atoms with E-state index >= 15 is 0 Å². The minimum atomic E-state index is 0. The molecule has 1 aliphatic carbocycles. The lowest BCUT2D eigenvalue weighted by molar-refractivity contribution is -0.130. The van der Waals surface area contributed by atoms with Crippen LogP contribution in [0.3, 0.4) is 0 Å². The molecular formula is C16H30ClN3O. The van der Waals surface area contributed by atoms with Crippen LogP contribution in [0.1, 0.15) is 45.4 Å². The van der Waals surface area contributed by atoms with Crippen LogP contribution in [0.5, 0.6) is 0 Å². The Morgan fingerprint density at radius 2 is 2.05 bits per heavy atom. The fourth-order valence-electron chi connectivity index (χ4n) is 3.90. The summed E-state index contributed by atoms with van der Waals surface area (Å²) in [5, 5.41) is 3.52. The van der Waals surface area contributed by atoms with Crippen molar-refractivity contribution in [3.8, 4) is 0 Å². The summed E-state index contributed by atoms with van der Waals surface area (Å²) in [4.78, 5) is 16.6. The van der Waals surface area contributed by atoms with Crippen molar-refractivity contribution in [2.24, 2.45) is 5.92 Å². The maximum Gasteiger partial charge on any atom is 0.219 e. The predicted molar refractivity (Wildman–Crippen MR) is 87.8 cm³/mol. The van der Waals surface area contributed by atoms with Crippen LogP contribution in [0.25, 0.3) is 0 Å². The molecule has 3 aliphatic rings. The Balaban J connectivity index is 0.00000161. The number of carbonyl (C=O) groups is 1. The Morgan fingerprint density at radius 1 is 1.24 bits per heavy atom. The first kappa shape index (κ1) is 17.0. The molecule has 5 heteroatoms. The molecule has 0 spiro atoms. The van der Waals surface area contributed by atoms with Gasteiger partial charge in [-0.3, -0.25) is 9.69 Å². The van der Waals surface area contributed by atoms with Gasteiger partial charge in [0.15, 0.2) is 0 Å². The smallest absolute Gasteiger partial charge is 0.219 e. The average Bonchev–Trinajstić information content (AvgIpc) is 3.19. The van der Waals surface area contributed by atoms with Crippen molar-refractivity contribution in [3.05, 3.63) is 0 Å². The monoisotopic (exact) mass is 315 g/mol. The standard InChI is InChI=1S/C16H29N3O.ClH/c1-13(20)19(15-6-7-15)12-16-5-3-9-18(16)11-14-4-2-8-17-10-14;/h14-17H,2-12H2,1H3;1H. The third-order valence-corrected chi connectivity index (χ3v) is 5.19. The van der Waals surface area contributed by atoms with Gasteiger partial charge in [0.05, 0.1) is 0 Å². The molecule has 122 valence electrons. The lowest BCUT2D eigenvalue weighted by Gasteiger charge is -2.34. The first-order chi connectivity index (χ1) is 9.74. The first-order valence-corrected chi connectivity index (χ1v) is 8.46. The van der Waals surface area contributed by atoms with Gasteiger partial charge in [0.1, 0.15) is 0 Å². The van der Waals surface area contributed by atoms with Gasteiger partial charge in [-0.2, -0.15) is 0 Å². The van der Waals surface area contributed by atoms with Crippen molar-refractivity contribution in [2.75, 3.05) is 32.7 Å². The van der Waals surface area contributed by atoms with Gasteiger partial charge in [-0.05, 0) is 64.1 Å². The molecule has 2 saturated heterocycles. The summed E-state index contributed by atoms with van der Waals surface area (Å²) in [5.74, 6) is 1.09. The molecular weight excluding hydrogens is 286 g/mol. The van der Waals surface area contributed by atoms with Gasteiger partial charge in [-0.1, -0.05) is 0 Å². The molecule has 3 fully saturated rings. The summed E-state index contributed by atoms with van der Waals surface area (Å²) >= 11 is 0. The molecule has 2 aliphatic heterocycles. The topological polar surface area (TPSA) is 35.6 Å². The quantitative estimate of drug-likeness (QED) is 0.841. The van der Waals surface area contributed by atoms with Crippen LogP contribution in [0.2, 0.25) is 0 Å². The van der Waals surface area contributed by atoms with Crippen LogP contribution < -0.4 is 5.32 Å². The number of nitrogens with zero attached hydrogens (tertiary/aromatic N) is 2. The van der Waals surface area contributed by atoms with Gasteiger partial charge in [0.25, 0.3) is 0 Å². The van der Waals surface area contributed by atoms with Gasteiger partial charge in [-0.25, -0.2) is 0 Å². The Labute approximate surface area is 135 Å². The van der Waals surface area contributed by atoms with Crippen molar-refractivity contribution in [2.45, 2.75) is 57.5 Å². The summed E-state index contributed by atoms with van der Waals surface area (Å²) in [6.07, 6.45) is 7.72. The van der Waals surface area contributed by atoms with E-state index in [4.69, 9.17) is 0 Å². The Bertz CT molecular complexity index is 342. The fraction of sp³-hybridized carbons (Fsp3) is 0.938. The number of hydrogen-bond donors (Lipinski definition) is 1. The largest absolute Gasteiger partial charge is 0.338 e. The molecule has 1 amide bonds. The van der Waals surface area contributed by atoms with Crippen molar-refractivity contribution >= 4 is 18.3 Å². The van der Waals surface area contributed by atoms with E-state index in [-0.39, 0.29) is 18.3 Å². The number of piperidine rings is 1.